The van der Waals surface area contributed by atoms with Gasteiger partial charge in [-0.15, -0.1) is 0 Å². The first-order valence-electron chi connectivity index (χ1n) is 5.94. The van der Waals surface area contributed by atoms with Crippen molar-refractivity contribution in [3.05, 3.63) is 52.8 Å². The summed E-state index contributed by atoms with van der Waals surface area (Å²) in [7, 11) is -1.63. The van der Waals surface area contributed by atoms with Gasteiger partial charge < -0.3 is 11.1 Å². The van der Waals surface area contributed by atoms with Gasteiger partial charge in [0.1, 0.15) is 11.6 Å². The molecule has 21 heavy (non-hydrogen) atoms. The summed E-state index contributed by atoms with van der Waals surface area (Å²) in [6.45, 7) is 0. The second kappa shape index (κ2) is 6.82. The molecule has 0 heterocycles. The number of hydrogen-bond donors (Lipinski definition) is 2. The zero-order valence-electron chi connectivity index (χ0n) is 10.8. The van der Waals surface area contributed by atoms with Crippen LogP contribution in [-0.2, 0) is 15.6 Å². The number of nitrogens with two attached hydrogens (primary N) is 1. The van der Waals surface area contributed by atoms with E-state index < -0.39 is 22.5 Å². The summed E-state index contributed by atoms with van der Waals surface area (Å²) in [6.07, 6.45) is 0. The Morgan fingerprint density at radius 3 is 2.71 bits per heavy atom. The Bertz CT molecular complexity index is 709. The molecule has 0 aliphatic carbocycles. The largest absolute Gasteiger partial charge is 0.398 e. The maximum Gasteiger partial charge on any atom is 0.237 e. The standard InChI is InChI=1S/C14H12BrFN2O2S/c15-9-2-1-3-11(6-9)18-14(19)8-21(20)13-5-4-10(16)7-12(13)17/h1-7H,8,17H2,(H,18,19). The number of nitrogens with one attached hydrogen (secondary N) is 1. The molecule has 0 aliphatic rings. The number of amides is 1. The molecule has 7 heteroatoms. The highest BCUT2D eigenvalue weighted by molar-refractivity contribution is 9.10. The fourth-order valence-electron chi connectivity index (χ4n) is 1.69. The van der Waals surface area contributed by atoms with E-state index in [0.29, 0.717) is 5.69 Å². The van der Waals surface area contributed by atoms with Crippen molar-refractivity contribution in [3.8, 4) is 0 Å². The van der Waals surface area contributed by atoms with Crippen LogP contribution in [0.2, 0.25) is 0 Å². The number of benzene rings is 2. The topological polar surface area (TPSA) is 72.2 Å². The van der Waals surface area contributed by atoms with Gasteiger partial charge in [0.05, 0.1) is 21.4 Å². The fourth-order valence-corrected chi connectivity index (χ4v) is 3.09. The first kappa shape index (κ1) is 15.7. The van der Waals surface area contributed by atoms with Crippen molar-refractivity contribution in [1.29, 1.82) is 0 Å². The molecule has 0 bridgehead atoms. The lowest BCUT2D eigenvalue weighted by atomic mass is 10.3. The highest BCUT2D eigenvalue weighted by Crippen LogP contribution is 2.19. The molecule has 0 saturated carbocycles. The van der Waals surface area contributed by atoms with Crippen LogP contribution >= 0.6 is 15.9 Å². The van der Waals surface area contributed by atoms with Gasteiger partial charge >= 0.3 is 0 Å². The van der Waals surface area contributed by atoms with Gasteiger partial charge in [-0.2, -0.15) is 0 Å². The zero-order valence-corrected chi connectivity index (χ0v) is 13.2. The maximum absolute atomic E-state index is 12.9. The molecule has 3 N–H and O–H groups in total. The van der Waals surface area contributed by atoms with Gasteiger partial charge in [-0.1, -0.05) is 22.0 Å². The Balaban J connectivity index is 2.04. The van der Waals surface area contributed by atoms with Gasteiger partial charge in [0, 0.05) is 10.2 Å². The third kappa shape index (κ3) is 4.37. The van der Waals surface area contributed by atoms with Crippen LogP contribution in [0.4, 0.5) is 15.8 Å². The molecule has 0 saturated heterocycles. The summed E-state index contributed by atoms with van der Waals surface area (Å²) < 4.78 is 25.8. The lowest BCUT2D eigenvalue weighted by molar-refractivity contribution is -0.113. The molecule has 0 aliphatic heterocycles. The summed E-state index contributed by atoms with van der Waals surface area (Å²) in [5, 5.41) is 2.64. The normalized spacial score (nSPS) is 11.9. The van der Waals surface area contributed by atoms with E-state index in [9.17, 15) is 13.4 Å². The average Bonchev–Trinajstić information content (AvgIpc) is 2.38. The molecule has 0 spiro atoms. The third-order valence-corrected chi connectivity index (χ3v) is 4.47. The molecular formula is C14H12BrFN2O2S. The summed E-state index contributed by atoms with van der Waals surface area (Å²) >= 11 is 3.29. The second-order valence-corrected chi connectivity index (χ2v) is 6.57. The number of nitrogen functional groups attached to an aromatic ring is 1. The van der Waals surface area contributed by atoms with Gasteiger partial charge in [0.2, 0.25) is 5.91 Å². The summed E-state index contributed by atoms with van der Waals surface area (Å²) in [6, 6.07) is 10.6. The van der Waals surface area contributed by atoms with E-state index in [0.717, 1.165) is 16.6 Å². The van der Waals surface area contributed by atoms with Crippen molar-refractivity contribution >= 4 is 44.0 Å². The van der Waals surface area contributed by atoms with Crippen molar-refractivity contribution in [1.82, 2.24) is 0 Å². The number of carbonyl (C=O) groups excluding carboxylic acids is 1. The molecule has 1 unspecified atom stereocenters. The van der Waals surface area contributed by atoms with Gasteiger partial charge in [0.25, 0.3) is 0 Å². The monoisotopic (exact) mass is 370 g/mol. The smallest absolute Gasteiger partial charge is 0.237 e. The summed E-state index contributed by atoms with van der Waals surface area (Å²) in [5.41, 5.74) is 6.27. The van der Waals surface area contributed by atoms with E-state index in [-0.39, 0.29) is 16.3 Å². The van der Waals surface area contributed by atoms with E-state index >= 15 is 0 Å². The lowest BCUT2D eigenvalue weighted by Crippen LogP contribution is -2.20. The van der Waals surface area contributed by atoms with E-state index in [1.165, 1.54) is 6.07 Å². The van der Waals surface area contributed by atoms with E-state index in [4.69, 9.17) is 5.73 Å². The Morgan fingerprint density at radius 2 is 2.05 bits per heavy atom. The van der Waals surface area contributed by atoms with Crippen molar-refractivity contribution in [2.45, 2.75) is 4.90 Å². The SMILES string of the molecule is Nc1cc(F)ccc1S(=O)CC(=O)Nc1cccc(Br)c1. The van der Waals surface area contributed by atoms with Crippen LogP contribution in [0.1, 0.15) is 0 Å². The highest BCUT2D eigenvalue weighted by Gasteiger charge is 2.13. The van der Waals surface area contributed by atoms with E-state index in [1.54, 1.807) is 18.2 Å². The van der Waals surface area contributed by atoms with Crippen molar-refractivity contribution < 1.29 is 13.4 Å². The second-order valence-electron chi connectivity index (χ2n) is 4.23. The molecule has 1 atom stereocenters. The van der Waals surface area contributed by atoms with Gasteiger partial charge in [0.15, 0.2) is 0 Å². The van der Waals surface area contributed by atoms with Crippen molar-refractivity contribution in [2.75, 3.05) is 16.8 Å². The minimum absolute atomic E-state index is 0.0728. The molecule has 2 rings (SSSR count). The number of hydrogen-bond acceptors (Lipinski definition) is 3. The molecule has 4 nitrogen and oxygen atoms in total. The zero-order chi connectivity index (χ0) is 15.4. The van der Waals surface area contributed by atoms with Gasteiger partial charge in [-0.25, -0.2) is 4.39 Å². The van der Waals surface area contributed by atoms with E-state index in [2.05, 4.69) is 21.2 Å². The lowest BCUT2D eigenvalue weighted by Gasteiger charge is -2.07. The maximum atomic E-state index is 12.9. The molecule has 2 aromatic carbocycles. The number of rotatable bonds is 4. The Hall–Kier alpha value is -1.73. The fraction of sp³-hybridized carbons (Fsp3) is 0.0714. The van der Waals surface area contributed by atoms with Crippen molar-refractivity contribution in [2.24, 2.45) is 0 Å². The van der Waals surface area contributed by atoms with Crippen LogP contribution in [0.15, 0.2) is 51.8 Å². The number of anilines is 2. The van der Waals surface area contributed by atoms with Crippen LogP contribution in [0.5, 0.6) is 0 Å². The molecular weight excluding hydrogens is 359 g/mol. The van der Waals surface area contributed by atoms with Crippen LogP contribution in [0.25, 0.3) is 0 Å². The van der Waals surface area contributed by atoms with Crippen molar-refractivity contribution in [3.63, 3.8) is 0 Å². The average molecular weight is 371 g/mol. The quantitative estimate of drug-likeness (QED) is 0.812. The predicted octanol–water partition coefficient (Wildman–Crippen LogP) is 2.92. The molecule has 0 radical (unpaired) electrons. The van der Waals surface area contributed by atoms with Crippen LogP contribution < -0.4 is 11.1 Å². The first-order valence-corrected chi connectivity index (χ1v) is 8.06. The summed E-state index contributed by atoms with van der Waals surface area (Å²) in [4.78, 5) is 12.1. The van der Waals surface area contributed by atoms with Gasteiger partial charge in [-0.05, 0) is 36.4 Å². The van der Waals surface area contributed by atoms with Crippen LogP contribution in [0, 0.1) is 5.82 Å². The molecule has 2 aromatic rings. The van der Waals surface area contributed by atoms with Crippen LogP contribution in [-0.4, -0.2) is 15.9 Å². The highest BCUT2D eigenvalue weighted by atomic mass is 79.9. The molecule has 110 valence electrons. The minimum atomic E-state index is -1.63. The predicted molar refractivity (Wildman–Crippen MR) is 84.9 cm³/mol. The molecule has 1 amide bonds. The van der Waals surface area contributed by atoms with Crippen LogP contribution in [0.3, 0.4) is 0 Å². The van der Waals surface area contributed by atoms with Gasteiger partial charge in [-0.3, -0.25) is 9.00 Å². The molecule has 0 fully saturated rings. The third-order valence-electron chi connectivity index (χ3n) is 2.59. The first-order chi connectivity index (χ1) is 9.95. The Morgan fingerprint density at radius 1 is 1.29 bits per heavy atom. The summed E-state index contributed by atoms with van der Waals surface area (Å²) in [5.74, 6) is -1.16. The van der Waals surface area contributed by atoms with E-state index in [1.807, 2.05) is 6.07 Å². The number of halogens is 2. The Kier molecular flexibility index (Phi) is 5.08. The minimum Gasteiger partial charge on any atom is -0.398 e. The molecule has 0 aromatic heterocycles. The Labute approximate surface area is 132 Å². The number of carbonyl (C=O) groups is 1.